The van der Waals surface area contributed by atoms with E-state index < -0.39 is 23.8 Å². The lowest BCUT2D eigenvalue weighted by atomic mass is 9.98. The van der Waals surface area contributed by atoms with E-state index in [2.05, 4.69) is 10.6 Å². The first-order valence-corrected chi connectivity index (χ1v) is 12.0. The number of ether oxygens (including phenoxy) is 1. The molecule has 7 heteroatoms. The molecule has 7 nitrogen and oxygen atoms in total. The van der Waals surface area contributed by atoms with Crippen molar-refractivity contribution in [1.82, 2.24) is 15.5 Å². The molecule has 190 valence electrons. The van der Waals surface area contributed by atoms with Crippen molar-refractivity contribution >= 4 is 17.9 Å². The van der Waals surface area contributed by atoms with Crippen molar-refractivity contribution in [2.24, 2.45) is 0 Å². The number of likely N-dealkylation sites (N-methyl/N-ethyl adjacent to an activating group) is 1. The van der Waals surface area contributed by atoms with Crippen molar-refractivity contribution in [3.8, 4) is 0 Å². The molecule has 2 rings (SSSR count). The Labute approximate surface area is 209 Å². The third kappa shape index (κ3) is 8.42. The molecule has 0 aliphatic carbocycles. The largest absolute Gasteiger partial charge is 0.444 e. The predicted molar refractivity (Wildman–Crippen MR) is 138 cm³/mol. The Bertz CT molecular complexity index is 1030. The molecule has 2 aromatic carbocycles. The highest BCUT2D eigenvalue weighted by Crippen LogP contribution is 2.24. The van der Waals surface area contributed by atoms with Gasteiger partial charge in [0.25, 0.3) is 0 Å². The Morgan fingerprint density at radius 3 is 2.11 bits per heavy atom. The second kappa shape index (κ2) is 11.9. The number of hydrogen-bond acceptors (Lipinski definition) is 4. The van der Waals surface area contributed by atoms with Crippen LogP contribution in [-0.4, -0.2) is 47.5 Å². The average molecular weight is 482 g/mol. The SMILES string of the molecule is Cc1ccc(C(C(=O)NC(C)C)N(C)C(=O)C(Cc2ccccc2)NC(=O)OC(C)(C)C)cc1C. The standard InChI is InChI=1S/C28H39N3O4/c1-18(2)29-25(32)24(22-15-14-19(3)20(4)16-22)31(8)26(33)23(17-21-12-10-9-11-13-21)30-27(34)35-28(5,6)7/h9-16,18,23-24H,17H2,1-8H3,(H,29,32)(H,30,34). The molecule has 3 amide bonds. The van der Waals surface area contributed by atoms with Crippen molar-refractivity contribution in [1.29, 1.82) is 0 Å². The van der Waals surface area contributed by atoms with E-state index in [1.165, 1.54) is 4.90 Å². The second-order valence-electron chi connectivity index (χ2n) is 10.2. The van der Waals surface area contributed by atoms with Crippen LogP contribution in [0.15, 0.2) is 48.5 Å². The van der Waals surface area contributed by atoms with E-state index in [4.69, 9.17) is 4.74 Å². The van der Waals surface area contributed by atoms with Crippen LogP contribution in [0.25, 0.3) is 0 Å². The van der Waals surface area contributed by atoms with Gasteiger partial charge in [-0.1, -0.05) is 48.5 Å². The second-order valence-corrected chi connectivity index (χ2v) is 10.2. The van der Waals surface area contributed by atoms with Crippen molar-refractivity contribution in [3.63, 3.8) is 0 Å². The van der Waals surface area contributed by atoms with Gasteiger partial charge in [0.15, 0.2) is 0 Å². The molecule has 0 fully saturated rings. The van der Waals surface area contributed by atoms with Gasteiger partial charge in [-0.05, 0) is 70.7 Å². The molecule has 0 saturated heterocycles. The van der Waals surface area contributed by atoms with Gasteiger partial charge in [-0.25, -0.2) is 4.79 Å². The zero-order chi connectivity index (χ0) is 26.3. The highest BCUT2D eigenvalue weighted by Gasteiger charge is 2.34. The van der Waals surface area contributed by atoms with Gasteiger partial charge in [-0.15, -0.1) is 0 Å². The Morgan fingerprint density at radius 2 is 1.57 bits per heavy atom. The summed E-state index contributed by atoms with van der Waals surface area (Å²) in [5, 5.41) is 5.65. The number of nitrogens with one attached hydrogen (secondary N) is 2. The van der Waals surface area contributed by atoms with Crippen molar-refractivity contribution < 1.29 is 19.1 Å². The van der Waals surface area contributed by atoms with Crippen LogP contribution in [0.3, 0.4) is 0 Å². The third-order valence-electron chi connectivity index (χ3n) is 5.53. The van der Waals surface area contributed by atoms with Crippen LogP contribution in [0.5, 0.6) is 0 Å². The lowest BCUT2D eigenvalue weighted by molar-refractivity contribution is -0.141. The van der Waals surface area contributed by atoms with Crippen LogP contribution in [-0.2, 0) is 20.7 Å². The van der Waals surface area contributed by atoms with E-state index in [1.807, 2.05) is 76.2 Å². The Kier molecular flexibility index (Phi) is 9.46. The molecular weight excluding hydrogens is 442 g/mol. The lowest BCUT2D eigenvalue weighted by Crippen LogP contribution is -2.53. The maximum atomic E-state index is 13.8. The zero-order valence-electron chi connectivity index (χ0n) is 22.1. The van der Waals surface area contributed by atoms with Gasteiger partial charge in [-0.2, -0.15) is 0 Å². The summed E-state index contributed by atoms with van der Waals surface area (Å²) in [6, 6.07) is 13.3. The molecule has 2 N–H and O–H groups in total. The first-order chi connectivity index (χ1) is 16.3. The highest BCUT2D eigenvalue weighted by atomic mass is 16.6. The summed E-state index contributed by atoms with van der Waals surface area (Å²) in [6.45, 7) is 13.0. The number of hydrogen-bond donors (Lipinski definition) is 2. The molecule has 0 aliphatic rings. The number of alkyl carbamates (subject to hydrolysis) is 1. The summed E-state index contributed by atoms with van der Waals surface area (Å²) >= 11 is 0. The molecule has 0 aromatic heterocycles. The van der Waals surface area contributed by atoms with Crippen molar-refractivity contribution in [2.45, 2.75) is 78.6 Å². The Hall–Kier alpha value is -3.35. The summed E-state index contributed by atoms with van der Waals surface area (Å²) in [6.07, 6.45) is -0.427. The number of carbonyl (C=O) groups is 3. The van der Waals surface area contributed by atoms with E-state index >= 15 is 0 Å². The quantitative estimate of drug-likeness (QED) is 0.583. The first-order valence-electron chi connectivity index (χ1n) is 12.0. The summed E-state index contributed by atoms with van der Waals surface area (Å²) in [7, 11) is 1.59. The number of nitrogens with zero attached hydrogens (tertiary/aromatic N) is 1. The zero-order valence-corrected chi connectivity index (χ0v) is 22.1. The highest BCUT2D eigenvalue weighted by molar-refractivity contribution is 5.92. The van der Waals surface area contributed by atoms with Gasteiger partial charge in [0, 0.05) is 19.5 Å². The molecule has 0 spiro atoms. The van der Waals surface area contributed by atoms with Crippen LogP contribution in [0, 0.1) is 13.8 Å². The van der Waals surface area contributed by atoms with Crippen molar-refractivity contribution in [3.05, 3.63) is 70.8 Å². The summed E-state index contributed by atoms with van der Waals surface area (Å²) in [4.78, 5) is 41.1. The van der Waals surface area contributed by atoms with E-state index in [1.54, 1.807) is 27.8 Å². The number of benzene rings is 2. The molecular formula is C28H39N3O4. The number of carbonyl (C=O) groups excluding carboxylic acids is 3. The van der Waals surface area contributed by atoms with Crippen LogP contribution >= 0.6 is 0 Å². The fourth-order valence-electron chi connectivity index (χ4n) is 3.72. The van der Waals surface area contributed by atoms with Gasteiger partial charge >= 0.3 is 6.09 Å². The number of rotatable bonds is 8. The molecule has 0 heterocycles. The smallest absolute Gasteiger partial charge is 0.408 e. The van der Waals surface area contributed by atoms with E-state index in [0.717, 1.165) is 16.7 Å². The maximum Gasteiger partial charge on any atom is 0.408 e. The van der Waals surface area contributed by atoms with Crippen molar-refractivity contribution in [2.75, 3.05) is 7.05 Å². The van der Waals surface area contributed by atoms with Gasteiger partial charge in [-0.3, -0.25) is 9.59 Å². The van der Waals surface area contributed by atoms with Gasteiger partial charge < -0.3 is 20.3 Å². The lowest BCUT2D eigenvalue weighted by Gasteiger charge is -2.32. The minimum Gasteiger partial charge on any atom is -0.444 e. The predicted octanol–water partition coefficient (Wildman–Crippen LogP) is 4.46. The Morgan fingerprint density at radius 1 is 0.943 bits per heavy atom. The van der Waals surface area contributed by atoms with Gasteiger partial charge in [0.2, 0.25) is 11.8 Å². The first kappa shape index (κ1) is 27.9. The average Bonchev–Trinajstić information content (AvgIpc) is 2.74. The fourth-order valence-corrected chi connectivity index (χ4v) is 3.72. The van der Waals surface area contributed by atoms with Gasteiger partial charge in [0.05, 0.1) is 0 Å². The summed E-state index contributed by atoms with van der Waals surface area (Å²) in [5.41, 5.74) is 3.00. The van der Waals surface area contributed by atoms with Crippen LogP contribution < -0.4 is 10.6 Å². The Balaban J connectivity index is 2.42. The van der Waals surface area contributed by atoms with E-state index in [9.17, 15) is 14.4 Å². The molecule has 35 heavy (non-hydrogen) atoms. The molecule has 0 radical (unpaired) electrons. The topological polar surface area (TPSA) is 87.7 Å². The molecule has 2 atom stereocenters. The van der Waals surface area contributed by atoms with E-state index in [0.29, 0.717) is 5.56 Å². The molecule has 0 bridgehead atoms. The van der Waals surface area contributed by atoms with Gasteiger partial charge in [0.1, 0.15) is 17.7 Å². The van der Waals surface area contributed by atoms with E-state index in [-0.39, 0.29) is 24.3 Å². The molecule has 0 saturated carbocycles. The summed E-state index contributed by atoms with van der Waals surface area (Å²) < 4.78 is 5.41. The monoisotopic (exact) mass is 481 g/mol. The number of amides is 3. The molecule has 0 aliphatic heterocycles. The normalized spacial score (nSPS) is 13.1. The van der Waals surface area contributed by atoms with Crippen LogP contribution in [0.2, 0.25) is 0 Å². The van der Waals surface area contributed by atoms with Crippen LogP contribution in [0.1, 0.15) is 62.9 Å². The minimum atomic E-state index is -0.918. The summed E-state index contributed by atoms with van der Waals surface area (Å²) in [5.74, 6) is -0.670. The molecule has 2 aromatic rings. The minimum absolute atomic E-state index is 0.0972. The maximum absolute atomic E-state index is 13.8. The third-order valence-corrected chi connectivity index (χ3v) is 5.53. The number of aryl methyl sites for hydroxylation is 2. The fraction of sp³-hybridized carbons (Fsp3) is 0.464. The van der Waals surface area contributed by atoms with Crippen LogP contribution in [0.4, 0.5) is 4.79 Å². The molecule has 2 unspecified atom stereocenters.